The predicted octanol–water partition coefficient (Wildman–Crippen LogP) is 2.87. The third kappa shape index (κ3) is 3.32. The molecule has 1 N–H and O–H groups in total. The summed E-state index contributed by atoms with van der Waals surface area (Å²) in [6, 6.07) is 2.24. The molecule has 4 nitrogen and oxygen atoms in total. The van der Waals surface area contributed by atoms with Crippen molar-refractivity contribution in [1.82, 2.24) is 9.97 Å². The van der Waals surface area contributed by atoms with Crippen LogP contribution in [0, 0.1) is 5.41 Å². The first-order chi connectivity index (χ1) is 8.09. The van der Waals surface area contributed by atoms with Crippen molar-refractivity contribution in [3.63, 3.8) is 0 Å². The lowest BCUT2D eigenvalue weighted by atomic mass is 9.75. The Morgan fingerprint density at radius 3 is 3.00 bits per heavy atom. The number of anilines is 1. The molecule has 1 unspecified atom stereocenters. The van der Waals surface area contributed by atoms with Crippen LogP contribution in [0.15, 0.2) is 12.3 Å². The van der Waals surface area contributed by atoms with Gasteiger partial charge in [0.25, 0.3) is 0 Å². The fraction of sp³-hybridized carbons (Fsp3) is 0.692. The number of aromatic nitrogens is 2. The van der Waals surface area contributed by atoms with Gasteiger partial charge in [-0.05, 0) is 24.7 Å². The Morgan fingerprint density at radius 2 is 2.29 bits per heavy atom. The van der Waals surface area contributed by atoms with Crippen molar-refractivity contribution >= 4 is 5.95 Å². The van der Waals surface area contributed by atoms with Crippen LogP contribution in [0.25, 0.3) is 0 Å². The Balaban J connectivity index is 2.00. The fourth-order valence-electron chi connectivity index (χ4n) is 2.53. The van der Waals surface area contributed by atoms with Gasteiger partial charge in [0, 0.05) is 18.3 Å². The van der Waals surface area contributed by atoms with Gasteiger partial charge in [0.15, 0.2) is 0 Å². The first kappa shape index (κ1) is 12.1. The van der Waals surface area contributed by atoms with E-state index in [1.54, 1.807) is 19.4 Å². The molecule has 0 aromatic carbocycles. The lowest BCUT2D eigenvalue weighted by molar-refractivity contribution is 0.229. The lowest BCUT2D eigenvalue weighted by Gasteiger charge is -2.35. The van der Waals surface area contributed by atoms with Crippen molar-refractivity contribution < 1.29 is 4.74 Å². The van der Waals surface area contributed by atoms with Crippen molar-refractivity contribution in [2.24, 2.45) is 5.41 Å². The van der Waals surface area contributed by atoms with Gasteiger partial charge in [-0.25, -0.2) is 4.98 Å². The van der Waals surface area contributed by atoms with Crippen LogP contribution in [0.4, 0.5) is 5.95 Å². The van der Waals surface area contributed by atoms with Gasteiger partial charge < -0.3 is 10.1 Å². The Bertz CT molecular complexity index is 379. The average Bonchev–Trinajstić information content (AvgIpc) is 2.28. The molecule has 0 bridgehead atoms. The molecule has 1 saturated carbocycles. The largest absolute Gasteiger partial charge is 0.481 e. The number of rotatable bonds is 3. The summed E-state index contributed by atoms with van der Waals surface area (Å²) in [5, 5.41) is 3.41. The minimum absolute atomic E-state index is 0.425. The molecule has 17 heavy (non-hydrogen) atoms. The summed E-state index contributed by atoms with van der Waals surface area (Å²) in [6.07, 6.45) is 6.68. The van der Waals surface area contributed by atoms with E-state index in [0.29, 0.717) is 23.3 Å². The van der Waals surface area contributed by atoms with Crippen LogP contribution in [0.2, 0.25) is 0 Å². The Labute approximate surface area is 103 Å². The maximum atomic E-state index is 5.09. The van der Waals surface area contributed by atoms with E-state index in [2.05, 4.69) is 29.1 Å². The molecule has 0 amide bonds. The number of methoxy groups -OCH3 is 1. The van der Waals surface area contributed by atoms with Crippen molar-refractivity contribution in [2.45, 2.75) is 45.6 Å². The molecular formula is C13H21N3O. The van der Waals surface area contributed by atoms with Crippen LogP contribution in [0.3, 0.4) is 0 Å². The van der Waals surface area contributed by atoms with Gasteiger partial charge in [-0.3, -0.25) is 0 Å². The normalized spacial score (nSPS) is 23.1. The van der Waals surface area contributed by atoms with Crippen molar-refractivity contribution in [1.29, 1.82) is 0 Å². The van der Waals surface area contributed by atoms with E-state index in [4.69, 9.17) is 4.74 Å². The van der Waals surface area contributed by atoms with E-state index in [1.807, 2.05) is 0 Å². The zero-order chi connectivity index (χ0) is 12.3. The summed E-state index contributed by atoms with van der Waals surface area (Å²) in [5.74, 6) is 1.28. The second-order valence-electron chi connectivity index (χ2n) is 5.52. The summed E-state index contributed by atoms with van der Waals surface area (Å²) >= 11 is 0. The summed E-state index contributed by atoms with van der Waals surface area (Å²) < 4.78 is 5.09. The molecule has 1 heterocycles. The van der Waals surface area contributed by atoms with E-state index in [0.717, 1.165) is 0 Å². The highest BCUT2D eigenvalue weighted by Gasteiger charge is 2.28. The van der Waals surface area contributed by atoms with Gasteiger partial charge in [0.1, 0.15) is 0 Å². The minimum atomic E-state index is 0.425. The molecule has 2 rings (SSSR count). The SMILES string of the molecule is COc1ccnc(NC2CCCC(C)(C)C2)n1. The number of hydrogen-bond donors (Lipinski definition) is 1. The van der Waals surface area contributed by atoms with Crippen LogP contribution in [-0.4, -0.2) is 23.1 Å². The monoisotopic (exact) mass is 235 g/mol. The second kappa shape index (κ2) is 4.90. The van der Waals surface area contributed by atoms with E-state index >= 15 is 0 Å². The molecule has 0 saturated heterocycles. The summed E-state index contributed by atoms with van der Waals surface area (Å²) in [7, 11) is 1.62. The van der Waals surface area contributed by atoms with E-state index < -0.39 is 0 Å². The Morgan fingerprint density at radius 1 is 1.47 bits per heavy atom. The van der Waals surface area contributed by atoms with Crippen LogP contribution in [0.5, 0.6) is 5.88 Å². The smallest absolute Gasteiger partial charge is 0.226 e. The third-order valence-corrected chi connectivity index (χ3v) is 3.38. The summed E-state index contributed by atoms with van der Waals surface area (Å²) in [5.41, 5.74) is 0.425. The maximum absolute atomic E-state index is 5.09. The first-order valence-electron chi connectivity index (χ1n) is 6.23. The van der Waals surface area contributed by atoms with Gasteiger partial charge in [-0.1, -0.05) is 20.3 Å². The number of nitrogens with one attached hydrogen (secondary N) is 1. The van der Waals surface area contributed by atoms with E-state index in [1.165, 1.54) is 25.7 Å². The van der Waals surface area contributed by atoms with Crippen LogP contribution < -0.4 is 10.1 Å². The molecule has 1 fully saturated rings. The van der Waals surface area contributed by atoms with Crippen LogP contribution in [-0.2, 0) is 0 Å². The predicted molar refractivity (Wildman–Crippen MR) is 68.2 cm³/mol. The average molecular weight is 235 g/mol. The molecule has 94 valence electrons. The van der Waals surface area contributed by atoms with Gasteiger partial charge in [0.2, 0.25) is 11.8 Å². The highest BCUT2D eigenvalue weighted by atomic mass is 16.5. The van der Waals surface area contributed by atoms with Gasteiger partial charge in [-0.15, -0.1) is 0 Å². The molecule has 4 heteroatoms. The topological polar surface area (TPSA) is 47.0 Å². The Hall–Kier alpha value is -1.32. The molecule has 0 spiro atoms. The van der Waals surface area contributed by atoms with Gasteiger partial charge in [0.05, 0.1) is 7.11 Å². The van der Waals surface area contributed by atoms with Crippen LogP contribution in [0.1, 0.15) is 39.5 Å². The third-order valence-electron chi connectivity index (χ3n) is 3.38. The number of nitrogens with zero attached hydrogens (tertiary/aromatic N) is 2. The quantitative estimate of drug-likeness (QED) is 0.875. The second-order valence-corrected chi connectivity index (χ2v) is 5.52. The number of hydrogen-bond acceptors (Lipinski definition) is 4. The van der Waals surface area contributed by atoms with Crippen molar-refractivity contribution in [2.75, 3.05) is 12.4 Å². The van der Waals surface area contributed by atoms with Crippen molar-refractivity contribution in [3.05, 3.63) is 12.3 Å². The summed E-state index contributed by atoms with van der Waals surface area (Å²) in [6.45, 7) is 4.65. The van der Waals surface area contributed by atoms with Crippen molar-refractivity contribution in [3.8, 4) is 5.88 Å². The maximum Gasteiger partial charge on any atom is 0.226 e. The first-order valence-corrected chi connectivity index (χ1v) is 6.23. The molecule has 1 aliphatic carbocycles. The van der Waals surface area contributed by atoms with E-state index in [-0.39, 0.29) is 0 Å². The molecule has 1 aliphatic rings. The number of ether oxygens (including phenoxy) is 1. The summed E-state index contributed by atoms with van der Waals surface area (Å²) in [4.78, 5) is 8.52. The highest BCUT2D eigenvalue weighted by molar-refractivity contribution is 5.29. The van der Waals surface area contributed by atoms with Gasteiger partial charge >= 0.3 is 0 Å². The zero-order valence-electron chi connectivity index (χ0n) is 10.9. The molecule has 1 aromatic heterocycles. The standard InChI is InChI=1S/C13H21N3O/c1-13(2)7-4-5-10(9-13)15-12-14-8-6-11(16-12)17-3/h6,8,10H,4-5,7,9H2,1-3H3,(H,14,15,16). The molecular weight excluding hydrogens is 214 g/mol. The van der Waals surface area contributed by atoms with E-state index in [9.17, 15) is 0 Å². The Kier molecular flexibility index (Phi) is 3.50. The fourth-order valence-corrected chi connectivity index (χ4v) is 2.53. The molecule has 1 atom stereocenters. The molecule has 1 aromatic rings. The lowest BCUT2D eigenvalue weighted by Crippen LogP contribution is -2.32. The highest BCUT2D eigenvalue weighted by Crippen LogP contribution is 2.36. The van der Waals surface area contributed by atoms with Gasteiger partial charge in [-0.2, -0.15) is 4.98 Å². The zero-order valence-corrected chi connectivity index (χ0v) is 10.9. The minimum Gasteiger partial charge on any atom is -0.481 e. The molecule has 0 aliphatic heterocycles. The molecule has 0 radical (unpaired) electrons. The van der Waals surface area contributed by atoms with Crippen LogP contribution >= 0.6 is 0 Å².